The number of halogens is 1. The Morgan fingerprint density at radius 1 is 1.05 bits per heavy atom. The van der Waals surface area contributed by atoms with Crippen LogP contribution in [0.2, 0.25) is 0 Å². The van der Waals surface area contributed by atoms with Gasteiger partial charge in [-0.2, -0.15) is 0 Å². The van der Waals surface area contributed by atoms with Gasteiger partial charge in [0.1, 0.15) is 5.82 Å². The van der Waals surface area contributed by atoms with E-state index in [2.05, 4.69) is 24.3 Å². The molecule has 0 saturated carbocycles. The predicted molar refractivity (Wildman–Crippen MR) is 75.3 cm³/mol. The molecule has 2 N–H and O–H groups in total. The molecule has 2 aromatic carbocycles. The summed E-state index contributed by atoms with van der Waals surface area (Å²) in [5, 5.41) is 0. The van der Waals surface area contributed by atoms with Crippen molar-refractivity contribution >= 4 is 0 Å². The van der Waals surface area contributed by atoms with Crippen LogP contribution in [0.3, 0.4) is 0 Å². The topological polar surface area (TPSA) is 26.0 Å². The summed E-state index contributed by atoms with van der Waals surface area (Å²) < 4.78 is 12.9. The van der Waals surface area contributed by atoms with Crippen molar-refractivity contribution < 1.29 is 4.39 Å². The first-order valence-electron chi connectivity index (χ1n) is 6.82. The van der Waals surface area contributed by atoms with Crippen molar-refractivity contribution in [3.63, 3.8) is 0 Å². The van der Waals surface area contributed by atoms with Crippen LogP contribution in [-0.2, 0) is 12.8 Å². The molecule has 2 heteroatoms. The molecule has 0 amide bonds. The van der Waals surface area contributed by atoms with E-state index in [0.29, 0.717) is 5.92 Å². The molecule has 0 aromatic heterocycles. The Morgan fingerprint density at radius 3 is 2.58 bits per heavy atom. The highest BCUT2D eigenvalue weighted by Gasteiger charge is 2.26. The quantitative estimate of drug-likeness (QED) is 0.871. The lowest BCUT2D eigenvalue weighted by Gasteiger charge is -2.31. The molecule has 0 fully saturated rings. The third-order valence-corrected chi connectivity index (χ3v) is 4.12. The molecule has 0 bridgehead atoms. The van der Waals surface area contributed by atoms with Crippen molar-refractivity contribution in [2.24, 2.45) is 11.7 Å². The fourth-order valence-corrected chi connectivity index (χ4v) is 3.01. The molecule has 1 aliphatic carbocycles. The van der Waals surface area contributed by atoms with Crippen molar-refractivity contribution in [1.29, 1.82) is 0 Å². The maximum absolute atomic E-state index is 12.9. The predicted octanol–water partition coefficient (Wildman–Crippen LogP) is 3.63. The van der Waals surface area contributed by atoms with Crippen LogP contribution in [0.1, 0.15) is 29.2 Å². The van der Waals surface area contributed by atoms with Gasteiger partial charge >= 0.3 is 0 Å². The fourth-order valence-electron chi connectivity index (χ4n) is 3.01. The van der Waals surface area contributed by atoms with E-state index < -0.39 is 0 Å². The highest BCUT2D eigenvalue weighted by molar-refractivity contribution is 5.33. The fraction of sp³-hybridized carbons (Fsp3) is 0.294. The van der Waals surface area contributed by atoms with Gasteiger partial charge in [-0.15, -0.1) is 0 Å². The van der Waals surface area contributed by atoms with Gasteiger partial charge in [0.05, 0.1) is 0 Å². The van der Waals surface area contributed by atoms with E-state index in [-0.39, 0.29) is 11.9 Å². The first-order valence-corrected chi connectivity index (χ1v) is 6.82. The number of fused-ring (bicyclic) bond motifs is 1. The van der Waals surface area contributed by atoms with Gasteiger partial charge in [0.15, 0.2) is 0 Å². The minimum Gasteiger partial charge on any atom is -0.324 e. The third-order valence-electron chi connectivity index (χ3n) is 4.12. The Bertz CT molecular complexity index is 562. The molecular formula is C17H18FN. The van der Waals surface area contributed by atoms with E-state index in [1.165, 1.54) is 28.8 Å². The zero-order chi connectivity index (χ0) is 13.2. The average Bonchev–Trinajstić information content (AvgIpc) is 2.45. The average molecular weight is 255 g/mol. The molecule has 3 rings (SSSR count). The Labute approximate surface area is 113 Å². The van der Waals surface area contributed by atoms with Crippen LogP contribution in [0.4, 0.5) is 4.39 Å². The molecule has 19 heavy (non-hydrogen) atoms. The number of aryl methyl sites for hydroxylation is 1. The van der Waals surface area contributed by atoms with Crippen LogP contribution in [-0.4, -0.2) is 0 Å². The van der Waals surface area contributed by atoms with E-state index in [9.17, 15) is 4.39 Å². The Hall–Kier alpha value is -1.67. The zero-order valence-corrected chi connectivity index (χ0v) is 10.9. The molecule has 0 saturated heterocycles. The van der Waals surface area contributed by atoms with Crippen molar-refractivity contribution in [3.05, 3.63) is 71.0 Å². The molecule has 2 unspecified atom stereocenters. The molecule has 98 valence electrons. The summed E-state index contributed by atoms with van der Waals surface area (Å²) in [6.07, 6.45) is 3.13. The summed E-state index contributed by atoms with van der Waals surface area (Å²) >= 11 is 0. The van der Waals surface area contributed by atoms with Gasteiger partial charge < -0.3 is 5.73 Å². The summed E-state index contributed by atoms with van der Waals surface area (Å²) in [5.74, 6) is 0.266. The molecule has 0 aliphatic heterocycles. The maximum Gasteiger partial charge on any atom is 0.123 e. The normalized spacial score (nSPS) is 22.0. The summed E-state index contributed by atoms with van der Waals surface area (Å²) in [5.41, 5.74) is 10.2. The molecule has 1 aliphatic rings. The molecule has 2 atom stereocenters. The van der Waals surface area contributed by atoms with Crippen LogP contribution in [0.15, 0.2) is 48.5 Å². The van der Waals surface area contributed by atoms with Gasteiger partial charge in [-0.05, 0) is 54.0 Å². The summed E-state index contributed by atoms with van der Waals surface area (Å²) in [6.45, 7) is 0. The molecule has 0 radical (unpaired) electrons. The molecule has 0 spiro atoms. The lowest BCUT2D eigenvalue weighted by Crippen LogP contribution is -2.28. The minimum absolute atomic E-state index is 0.0926. The first kappa shape index (κ1) is 12.4. The van der Waals surface area contributed by atoms with E-state index in [4.69, 9.17) is 5.73 Å². The third kappa shape index (κ3) is 2.54. The standard InChI is InChI=1S/C17H18FN/c18-15-9-5-12(6-10-15)11-14-8-7-13-3-1-2-4-16(13)17(14)19/h1-6,9-10,14,17H,7-8,11,19H2. The van der Waals surface area contributed by atoms with E-state index in [0.717, 1.165) is 19.3 Å². The molecular weight excluding hydrogens is 237 g/mol. The summed E-state index contributed by atoms with van der Waals surface area (Å²) in [6, 6.07) is 15.3. The SMILES string of the molecule is NC1c2ccccc2CCC1Cc1ccc(F)cc1. The molecule has 1 nitrogen and oxygen atoms in total. The second-order valence-corrected chi connectivity index (χ2v) is 5.35. The minimum atomic E-state index is -0.179. The monoisotopic (exact) mass is 255 g/mol. The lowest BCUT2D eigenvalue weighted by atomic mass is 9.77. The Kier molecular flexibility index (Phi) is 3.34. The lowest BCUT2D eigenvalue weighted by molar-refractivity contribution is 0.376. The van der Waals surface area contributed by atoms with Crippen LogP contribution < -0.4 is 5.73 Å². The van der Waals surface area contributed by atoms with E-state index in [1.807, 2.05) is 12.1 Å². The largest absolute Gasteiger partial charge is 0.324 e. The van der Waals surface area contributed by atoms with Gasteiger partial charge in [0, 0.05) is 6.04 Å². The zero-order valence-electron chi connectivity index (χ0n) is 10.9. The van der Waals surface area contributed by atoms with Crippen LogP contribution in [0.5, 0.6) is 0 Å². The maximum atomic E-state index is 12.9. The van der Waals surface area contributed by atoms with E-state index in [1.54, 1.807) is 0 Å². The number of rotatable bonds is 2. The molecule has 2 aromatic rings. The number of hydrogen-bond acceptors (Lipinski definition) is 1. The smallest absolute Gasteiger partial charge is 0.123 e. The molecule has 0 heterocycles. The van der Waals surface area contributed by atoms with Crippen LogP contribution >= 0.6 is 0 Å². The van der Waals surface area contributed by atoms with Gasteiger partial charge in [-0.1, -0.05) is 36.4 Å². The van der Waals surface area contributed by atoms with Gasteiger partial charge in [-0.25, -0.2) is 4.39 Å². The van der Waals surface area contributed by atoms with Gasteiger partial charge in [-0.3, -0.25) is 0 Å². The Balaban J connectivity index is 1.79. The summed E-state index contributed by atoms with van der Waals surface area (Å²) in [4.78, 5) is 0. The first-order chi connectivity index (χ1) is 9.24. The van der Waals surface area contributed by atoms with Crippen molar-refractivity contribution in [2.45, 2.75) is 25.3 Å². The highest BCUT2D eigenvalue weighted by atomic mass is 19.1. The number of nitrogens with two attached hydrogens (primary N) is 1. The van der Waals surface area contributed by atoms with Gasteiger partial charge in [0.25, 0.3) is 0 Å². The van der Waals surface area contributed by atoms with Crippen LogP contribution in [0.25, 0.3) is 0 Å². The Morgan fingerprint density at radius 2 is 1.79 bits per heavy atom. The number of hydrogen-bond donors (Lipinski definition) is 1. The van der Waals surface area contributed by atoms with Crippen molar-refractivity contribution in [3.8, 4) is 0 Å². The van der Waals surface area contributed by atoms with Gasteiger partial charge in [0.2, 0.25) is 0 Å². The second-order valence-electron chi connectivity index (χ2n) is 5.35. The highest BCUT2D eigenvalue weighted by Crippen LogP contribution is 2.34. The van der Waals surface area contributed by atoms with Crippen LogP contribution in [0, 0.1) is 11.7 Å². The van der Waals surface area contributed by atoms with E-state index >= 15 is 0 Å². The van der Waals surface area contributed by atoms with Crippen molar-refractivity contribution in [2.75, 3.05) is 0 Å². The second kappa shape index (κ2) is 5.14. The number of benzene rings is 2. The summed E-state index contributed by atoms with van der Waals surface area (Å²) in [7, 11) is 0. The van der Waals surface area contributed by atoms with Crippen molar-refractivity contribution in [1.82, 2.24) is 0 Å².